The first-order valence-electron chi connectivity index (χ1n) is 10.9. The summed E-state index contributed by atoms with van der Waals surface area (Å²) >= 11 is 1.66. The zero-order valence-electron chi connectivity index (χ0n) is 18.2. The van der Waals surface area contributed by atoms with Gasteiger partial charge >= 0.3 is 0 Å². The first-order valence-corrected chi connectivity index (χ1v) is 11.7. The van der Waals surface area contributed by atoms with Crippen molar-refractivity contribution in [3.8, 4) is 11.4 Å². The predicted molar refractivity (Wildman–Crippen MR) is 125 cm³/mol. The van der Waals surface area contributed by atoms with Crippen molar-refractivity contribution < 1.29 is 14.6 Å². The molecule has 5 heterocycles. The molecule has 0 bridgehead atoms. The van der Waals surface area contributed by atoms with Crippen LogP contribution in [0.3, 0.4) is 0 Å². The van der Waals surface area contributed by atoms with Gasteiger partial charge in [0.05, 0.1) is 24.2 Å². The van der Waals surface area contributed by atoms with Crippen molar-refractivity contribution in [3.05, 3.63) is 23.3 Å². The van der Waals surface area contributed by atoms with E-state index in [1.807, 2.05) is 0 Å². The molecule has 0 radical (unpaired) electrons. The number of hydrogen-bond acceptors (Lipinski definition) is 11. The highest BCUT2D eigenvalue weighted by Crippen LogP contribution is 2.34. The molecule has 174 valence electrons. The van der Waals surface area contributed by atoms with Crippen LogP contribution in [0, 0.1) is 0 Å². The molecule has 2 aliphatic heterocycles. The molecule has 2 aliphatic rings. The average Bonchev–Trinajstić information content (AvgIpc) is 3.26. The van der Waals surface area contributed by atoms with E-state index in [4.69, 9.17) is 25.5 Å². The number of aliphatic hydroxyl groups excluding tert-OH is 1. The number of hydrogen-bond donors (Lipinski definition) is 2. The molecule has 1 amide bonds. The van der Waals surface area contributed by atoms with E-state index in [1.165, 1.54) is 4.88 Å². The Balaban J connectivity index is 1.43. The van der Waals surface area contributed by atoms with E-state index >= 15 is 0 Å². The molecule has 3 aromatic rings. The van der Waals surface area contributed by atoms with Crippen LogP contribution in [0.15, 0.2) is 18.5 Å². The smallest absolute Gasteiger partial charge is 0.248 e. The number of fused-ring (bicyclic) bond motifs is 1. The summed E-state index contributed by atoms with van der Waals surface area (Å²) in [6.45, 7) is 6.04. The largest absolute Gasteiger partial charge is 0.387 e. The normalized spacial score (nSPS) is 17.6. The standard InChI is InChI=1S/C21H26N8O3S/c22-21-23-10-14(11-24-21)18-25-19(29-5-7-32-8-6-29)16-9-15(33-20(16)26-18)12-27-1-3-28(4-2-27)17(31)13-30/h9-11,30H,1-8,12-13H2,(H2,22,23,24). The average molecular weight is 471 g/mol. The number of aliphatic hydroxyl groups is 1. The van der Waals surface area contributed by atoms with Gasteiger partial charge in [-0.3, -0.25) is 9.69 Å². The summed E-state index contributed by atoms with van der Waals surface area (Å²) in [6, 6.07) is 2.18. The van der Waals surface area contributed by atoms with Crippen LogP contribution >= 0.6 is 11.3 Å². The summed E-state index contributed by atoms with van der Waals surface area (Å²) in [7, 11) is 0. The third-order valence-corrected chi connectivity index (χ3v) is 6.92. The van der Waals surface area contributed by atoms with Gasteiger partial charge in [0.1, 0.15) is 17.3 Å². The van der Waals surface area contributed by atoms with Crippen LogP contribution in [0.2, 0.25) is 0 Å². The molecule has 0 saturated carbocycles. The van der Waals surface area contributed by atoms with E-state index in [0.717, 1.165) is 54.3 Å². The number of amides is 1. The molecule has 0 aliphatic carbocycles. The number of rotatable bonds is 5. The number of morpholine rings is 1. The molecule has 2 saturated heterocycles. The van der Waals surface area contributed by atoms with Crippen molar-refractivity contribution >= 4 is 39.2 Å². The fraction of sp³-hybridized carbons (Fsp3) is 0.476. The maximum Gasteiger partial charge on any atom is 0.248 e. The Labute approximate surface area is 194 Å². The van der Waals surface area contributed by atoms with Crippen molar-refractivity contribution in [1.29, 1.82) is 0 Å². The van der Waals surface area contributed by atoms with Crippen LogP contribution in [0.4, 0.5) is 11.8 Å². The van der Waals surface area contributed by atoms with E-state index < -0.39 is 6.61 Å². The monoisotopic (exact) mass is 470 g/mol. The molecule has 33 heavy (non-hydrogen) atoms. The fourth-order valence-corrected chi connectivity index (χ4v) is 5.17. The van der Waals surface area contributed by atoms with Gasteiger partial charge in [-0.25, -0.2) is 19.9 Å². The Bertz CT molecular complexity index is 1120. The minimum atomic E-state index is -0.430. The summed E-state index contributed by atoms with van der Waals surface area (Å²) in [6.07, 6.45) is 3.29. The number of nitrogen functional groups attached to an aromatic ring is 1. The molecule has 0 aromatic carbocycles. The van der Waals surface area contributed by atoms with E-state index in [2.05, 4.69) is 25.8 Å². The highest BCUT2D eigenvalue weighted by molar-refractivity contribution is 7.18. The second-order valence-electron chi connectivity index (χ2n) is 8.05. The van der Waals surface area contributed by atoms with Crippen LogP contribution < -0.4 is 10.6 Å². The van der Waals surface area contributed by atoms with E-state index in [-0.39, 0.29) is 11.9 Å². The van der Waals surface area contributed by atoms with Gasteiger partial charge in [-0.05, 0) is 6.07 Å². The Kier molecular flexibility index (Phi) is 6.31. The summed E-state index contributed by atoms with van der Waals surface area (Å²) in [5.41, 5.74) is 6.37. The van der Waals surface area contributed by atoms with Gasteiger partial charge in [0.25, 0.3) is 0 Å². The van der Waals surface area contributed by atoms with Crippen LogP contribution in [0.5, 0.6) is 0 Å². The molecule has 12 heteroatoms. The number of carbonyl (C=O) groups is 1. The number of nitrogens with two attached hydrogens (primary N) is 1. The minimum Gasteiger partial charge on any atom is -0.387 e. The SMILES string of the molecule is Nc1ncc(-c2nc(N3CCOCC3)c3cc(CN4CCN(C(=O)CO)CC4)sc3n2)cn1. The van der Waals surface area contributed by atoms with Crippen molar-refractivity contribution in [2.75, 3.05) is 69.7 Å². The number of ether oxygens (including phenoxy) is 1. The number of carbonyl (C=O) groups excluding carboxylic acids is 1. The van der Waals surface area contributed by atoms with Gasteiger partial charge in [-0.15, -0.1) is 11.3 Å². The Morgan fingerprint density at radius 2 is 1.82 bits per heavy atom. The zero-order chi connectivity index (χ0) is 22.8. The third-order valence-electron chi connectivity index (χ3n) is 5.90. The van der Waals surface area contributed by atoms with Gasteiger partial charge < -0.3 is 25.4 Å². The lowest BCUT2D eigenvalue weighted by molar-refractivity contribution is -0.135. The number of thiophene rings is 1. The zero-order valence-corrected chi connectivity index (χ0v) is 19.0. The lowest BCUT2D eigenvalue weighted by Crippen LogP contribution is -2.49. The molecular formula is C21H26N8O3S. The molecule has 0 atom stereocenters. The lowest BCUT2D eigenvalue weighted by atomic mass is 10.2. The van der Waals surface area contributed by atoms with Crippen LogP contribution in [-0.4, -0.2) is 99.8 Å². The van der Waals surface area contributed by atoms with Gasteiger partial charge in [-0.1, -0.05) is 0 Å². The summed E-state index contributed by atoms with van der Waals surface area (Å²) in [5, 5.41) is 10.1. The van der Waals surface area contributed by atoms with E-state index in [9.17, 15) is 4.79 Å². The van der Waals surface area contributed by atoms with Crippen molar-refractivity contribution in [3.63, 3.8) is 0 Å². The summed E-state index contributed by atoms with van der Waals surface area (Å²) < 4.78 is 5.53. The molecule has 5 rings (SSSR count). The van der Waals surface area contributed by atoms with E-state index in [0.29, 0.717) is 32.1 Å². The second-order valence-corrected chi connectivity index (χ2v) is 9.16. The number of aromatic nitrogens is 4. The third kappa shape index (κ3) is 4.74. The quantitative estimate of drug-likeness (QED) is 0.533. The maximum absolute atomic E-state index is 11.7. The first-order chi connectivity index (χ1) is 16.1. The number of nitrogens with zero attached hydrogens (tertiary/aromatic N) is 7. The second kappa shape index (κ2) is 9.51. The van der Waals surface area contributed by atoms with Crippen molar-refractivity contribution in [2.24, 2.45) is 0 Å². The van der Waals surface area contributed by atoms with Crippen LogP contribution in [0.25, 0.3) is 21.6 Å². The van der Waals surface area contributed by atoms with Gasteiger partial charge in [0.15, 0.2) is 5.82 Å². The Morgan fingerprint density at radius 3 is 2.52 bits per heavy atom. The number of piperazine rings is 1. The Morgan fingerprint density at radius 1 is 1.09 bits per heavy atom. The molecule has 0 spiro atoms. The lowest BCUT2D eigenvalue weighted by Gasteiger charge is -2.34. The van der Waals surface area contributed by atoms with Crippen molar-refractivity contribution in [1.82, 2.24) is 29.7 Å². The summed E-state index contributed by atoms with van der Waals surface area (Å²) in [4.78, 5) is 38.0. The molecule has 3 N–H and O–H groups in total. The maximum atomic E-state index is 11.7. The van der Waals surface area contributed by atoms with Crippen molar-refractivity contribution in [2.45, 2.75) is 6.54 Å². The number of anilines is 2. The van der Waals surface area contributed by atoms with Gasteiger partial charge in [0, 0.05) is 63.1 Å². The van der Waals surface area contributed by atoms with E-state index in [1.54, 1.807) is 28.6 Å². The predicted octanol–water partition coefficient (Wildman–Crippen LogP) is 0.204. The molecular weight excluding hydrogens is 444 g/mol. The molecule has 2 fully saturated rings. The summed E-state index contributed by atoms with van der Waals surface area (Å²) in [5.74, 6) is 1.48. The van der Waals surface area contributed by atoms with Crippen LogP contribution in [0.1, 0.15) is 4.88 Å². The Hall–Kier alpha value is -2.93. The molecule has 3 aromatic heterocycles. The first kappa shape index (κ1) is 21.9. The highest BCUT2D eigenvalue weighted by atomic mass is 32.1. The minimum absolute atomic E-state index is 0.207. The van der Waals surface area contributed by atoms with Gasteiger partial charge in [0.2, 0.25) is 11.9 Å². The molecule has 0 unspecified atom stereocenters. The molecule has 11 nitrogen and oxygen atoms in total. The highest BCUT2D eigenvalue weighted by Gasteiger charge is 2.23. The fourth-order valence-electron chi connectivity index (χ4n) is 4.11. The van der Waals surface area contributed by atoms with Crippen LogP contribution in [-0.2, 0) is 16.1 Å². The topological polar surface area (TPSA) is 134 Å². The van der Waals surface area contributed by atoms with Gasteiger partial charge in [-0.2, -0.15) is 0 Å².